The molecule has 1 heterocycles. The van der Waals surface area contributed by atoms with Crippen LogP contribution in [0.4, 0.5) is 0 Å². The average Bonchev–Trinajstić information content (AvgIpc) is 2.15. The summed E-state index contributed by atoms with van der Waals surface area (Å²) in [6.07, 6.45) is 0.884. The van der Waals surface area contributed by atoms with Crippen LogP contribution in [0.2, 0.25) is 0 Å². The van der Waals surface area contributed by atoms with Crippen LogP contribution < -0.4 is 5.32 Å². The lowest BCUT2D eigenvalue weighted by atomic mass is 9.95. The van der Waals surface area contributed by atoms with Crippen molar-refractivity contribution in [1.82, 2.24) is 10.2 Å². The highest BCUT2D eigenvalue weighted by Gasteiger charge is 2.31. The Kier molecular flexibility index (Phi) is 4.33. The van der Waals surface area contributed by atoms with Gasteiger partial charge in [0.2, 0.25) is 0 Å². The first-order valence-corrected chi connectivity index (χ1v) is 5.89. The average molecular weight is 228 g/mol. The maximum atomic E-state index is 11.9. The molecule has 1 aliphatic rings. The molecule has 4 nitrogen and oxygen atoms in total. The number of likely N-dealkylation sites (N-methyl/N-ethyl adjacent to an activating group) is 1. The summed E-state index contributed by atoms with van der Waals surface area (Å²) in [5.41, 5.74) is -0.387. The van der Waals surface area contributed by atoms with Crippen LogP contribution in [-0.2, 0) is 9.53 Å². The van der Waals surface area contributed by atoms with Crippen LogP contribution in [0.25, 0.3) is 0 Å². The second kappa shape index (κ2) is 5.15. The van der Waals surface area contributed by atoms with Gasteiger partial charge in [0, 0.05) is 19.1 Å². The van der Waals surface area contributed by atoms with Gasteiger partial charge < -0.3 is 15.0 Å². The largest absolute Gasteiger partial charge is 0.460 e. The number of nitrogens with one attached hydrogen (secondary N) is 1. The number of rotatable bonds is 2. The molecule has 1 N–H and O–H groups in total. The lowest BCUT2D eigenvalue weighted by Gasteiger charge is -2.34. The summed E-state index contributed by atoms with van der Waals surface area (Å²) < 4.78 is 5.41. The van der Waals surface area contributed by atoms with Crippen LogP contribution in [-0.4, -0.2) is 49.7 Å². The van der Waals surface area contributed by atoms with Crippen molar-refractivity contribution < 1.29 is 9.53 Å². The molecule has 0 aromatic rings. The smallest absolute Gasteiger partial charge is 0.310 e. The number of hydrogen-bond donors (Lipinski definition) is 1. The molecule has 1 rings (SSSR count). The highest BCUT2D eigenvalue weighted by Crippen LogP contribution is 2.18. The molecule has 0 aromatic heterocycles. The van der Waals surface area contributed by atoms with E-state index in [0.717, 1.165) is 19.5 Å². The SMILES string of the molecule is CN(C)[C@H]1CNC[C@@H](C(=O)OC(C)(C)C)C1. The Hall–Kier alpha value is -0.610. The number of carbonyl (C=O) groups excluding carboxylic acids is 1. The zero-order valence-corrected chi connectivity index (χ0v) is 11.0. The second-order valence-corrected chi connectivity index (χ2v) is 5.74. The third-order valence-corrected chi connectivity index (χ3v) is 2.80. The summed E-state index contributed by atoms with van der Waals surface area (Å²) in [5.74, 6) is -0.0908. The Bertz CT molecular complexity index is 246. The predicted molar refractivity (Wildman–Crippen MR) is 64.3 cm³/mol. The van der Waals surface area contributed by atoms with Gasteiger partial charge in [-0.25, -0.2) is 0 Å². The molecule has 1 fully saturated rings. The van der Waals surface area contributed by atoms with Crippen molar-refractivity contribution in [3.63, 3.8) is 0 Å². The summed E-state index contributed by atoms with van der Waals surface area (Å²) in [7, 11) is 4.09. The van der Waals surface area contributed by atoms with Gasteiger partial charge >= 0.3 is 5.97 Å². The van der Waals surface area contributed by atoms with E-state index in [-0.39, 0.29) is 17.5 Å². The maximum Gasteiger partial charge on any atom is 0.310 e. The standard InChI is InChI=1S/C12H24N2O2/c1-12(2,3)16-11(15)9-6-10(14(4)5)8-13-7-9/h9-10,13H,6-8H2,1-5H3/t9-,10+/m0/s1. The normalized spacial score (nSPS) is 26.9. The van der Waals surface area contributed by atoms with Gasteiger partial charge in [-0.05, 0) is 41.3 Å². The highest BCUT2D eigenvalue weighted by molar-refractivity contribution is 5.73. The number of carbonyl (C=O) groups is 1. The van der Waals surface area contributed by atoms with E-state index >= 15 is 0 Å². The molecule has 0 saturated carbocycles. The molecule has 1 saturated heterocycles. The minimum Gasteiger partial charge on any atom is -0.460 e. The van der Waals surface area contributed by atoms with Crippen molar-refractivity contribution in [3.05, 3.63) is 0 Å². The third-order valence-electron chi connectivity index (χ3n) is 2.80. The first-order chi connectivity index (χ1) is 7.29. The number of nitrogens with zero attached hydrogens (tertiary/aromatic N) is 1. The lowest BCUT2D eigenvalue weighted by Crippen LogP contribution is -2.49. The fraction of sp³-hybridized carbons (Fsp3) is 0.917. The summed E-state index contributed by atoms with van der Waals surface area (Å²) in [6, 6.07) is 0.422. The second-order valence-electron chi connectivity index (χ2n) is 5.74. The van der Waals surface area contributed by atoms with Crippen molar-refractivity contribution in [2.24, 2.45) is 5.92 Å². The number of hydrogen-bond acceptors (Lipinski definition) is 4. The van der Waals surface area contributed by atoms with Crippen LogP contribution in [0.15, 0.2) is 0 Å². The zero-order valence-electron chi connectivity index (χ0n) is 11.0. The number of piperidine rings is 1. The monoisotopic (exact) mass is 228 g/mol. The van der Waals surface area contributed by atoms with Gasteiger partial charge in [0.15, 0.2) is 0 Å². The topological polar surface area (TPSA) is 41.6 Å². The fourth-order valence-corrected chi connectivity index (χ4v) is 1.88. The molecule has 2 atom stereocenters. The Labute approximate surface area is 98.3 Å². The van der Waals surface area contributed by atoms with E-state index in [9.17, 15) is 4.79 Å². The van der Waals surface area contributed by atoms with E-state index in [1.807, 2.05) is 34.9 Å². The molecule has 1 aliphatic heterocycles. The van der Waals surface area contributed by atoms with Crippen molar-refractivity contribution in [1.29, 1.82) is 0 Å². The molecule has 0 bridgehead atoms. The Morgan fingerprint density at radius 1 is 1.31 bits per heavy atom. The Morgan fingerprint density at radius 3 is 2.44 bits per heavy atom. The number of ether oxygens (including phenoxy) is 1. The van der Waals surface area contributed by atoms with E-state index in [2.05, 4.69) is 10.2 Å². The summed E-state index contributed by atoms with van der Waals surface area (Å²) in [4.78, 5) is 14.1. The molecule has 16 heavy (non-hydrogen) atoms. The minimum absolute atomic E-state index is 0.0135. The molecule has 0 spiro atoms. The van der Waals surface area contributed by atoms with Gasteiger partial charge in [0.05, 0.1) is 5.92 Å². The van der Waals surface area contributed by atoms with Crippen LogP contribution in [0.3, 0.4) is 0 Å². The first-order valence-electron chi connectivity index (χ1n) is 5.89. The van der Waals surface area contributed by atoms with E-state index in [0.29, 0.717) is 6.04 Å². The van der Waals surface area contributed by atoms with Crippen molar-refractivity contribution >= 4 is 5.97 Å². The molecular formula is C12H24N2O2. The molecule has 0 unspecified atom stereocenters. The fourth-order valence-electron chi connectivity index (χ4n) is 1.88. The van der Waals surface area contributed by atoms with Crippen LogP contribution >= 0.6 is 0 Å². The van der Waals surface area contributed by atoms with E-state index in [1.54, 1.807) is 0 Å². The maximum absolute atomic E-state index is 11.9. The van der Waals surface area contributed by atoms with Gasteiger partial charge in [-0.3, -0.25) is 4.79 Å². The molecule has 0 aliphatic carbocycles. The van der Waals surface area contributed by atoms with E-state index < -0.39 is 0 Å². The highest BCUT2D eigenvalue weighted by atomic mass is 16.6. The summed E-state index contributed by atoms with van der Waals surface area (Å²) in [5, 5.41) is 3.29. The van der Waals surface area contributed by atoms with Crippen LogP contribution in [0, 0.1) is 5.92 Å². The van der Waals surface area contributed by atoms with Crippen molar-refractivity contribution in [2.75, 3.05) is 27.2 Å². The molecule has 0 radical (unpaired) electrons. The van der Waals surface area contributed by atoms with Crippen molar-refractivity contribution in [2.45, 2.75) is 38.8 Å². The summed E-state index contributed by atoms with van der Waals surface area (Å²) in [6.45, 7) is 7.41. The minimum atomic E-state index is -0.387. The van der Waals surface area contributed by atoms with Gasteiger partial charge in [0.1, 0.15) is 5.60 Å². The molecule has 0 aromatic carbocycles. The Balaban J connectivity index is 2.50. The van der Waals surface area contributed by atoms with Crippen LogP contribution in [0.1, 0.15) is 27.2 Å². The van der Waals surface area contributed by atoms with Crippen molar-refractivity contribution in [3.8, 4) is 0 Å². The van der Waals surface area contributed by atoms with Crippen LogP contribution in [0.5, 0.6) is 0 Å². The number of esters is 1. The van der Waals surface area contributed by atoms with Gasteiger partial charge in [-0.15, -0.1) is 0 Å². The first kappa shape index (κ1) is 13.5. The lowest BCUT2D eigenvalue weighted by molar-refractivity contribution is -0.161. The Morgan fingerprint density at radius 2 is 1.94 bits per heavy atom. The van der Waals surface area contributed by atoms with Gasteiger partial charge in [-0.1, -0.05) is 0 Å². The molecule has 4 heteroatoms. The molecular weight excluding hydrogens is 204 g/mol. The third kappa shape index (κ3) is 4.10. The molecule has 94 valence electrons. The van der Waals surface area contributed by atoms with E-state index in [1.165, 1.54) is 0 Å². The van der Waals surface area contributed by atoms with E-state index in [4.69, 9.17) is 4.74 Å². The molecule has 0 amide bonds. The van der Waals surface area contributed by atoms with Gasteiger partial charge in [0.25, 0.3) is 0 Å². The van der Waals surface area contributed by atoms with Gasteiger partial charge in [-0.2, -0.15) is 0 Å². The summed E-state index contributed by atoms with van der Waals surface area (Å²) >= 11 is 0. The predicted octanol–water partition coefficient (Wildman–Crippen LogP) is 0.868. The zero-order chi connectivity index (χ0) is 12.3. The quantitative estimate of drug-likeness (QED) is 0.712.